The number of para-hydroxylation sites is 1. The molecule has 1 N–H and O–H groups in total. The Morgan fingerprint density at radius 2 is 1.57 bits per heavy atom. The summed E-state index contributed by atoms with van der Waals surface area (Å²) < 4.78 is 33.8. The summed E-state index contributed by atoms with van der Waals surface area (Å²) in [6, 6.07) is 14.3. The number of halogens is 3. The van der Waals surface area contributed by atoms with E-state index in [4.69, 9.17) is 9.90 Å². The maximum Gasteiger partial charge on any atom is 0.490 e. The largest absolute Gasteiger partial charge is 0.490 e. The van der Waals surface area contributed by atoms with Gasteiger partial charge in [0.05, 0.1) is 5.52 Å². The van der Waals surface area contributed by atoms with Crippen LogP contribution in [0.25, 0.3) is 10.9 Å². The van der Waals surface area contributed by atoms with E-state index in [1.54, 1.807) is 6.20 Å². The molecule has 3 heterocycles. The van der Waals surface area contributed by atoms with Gasteiger partial charge in [-0.15, -0.1) is 0 Å². The molecule has 2 aromatic carbocycles. The molecule has 0 radical (unpaired) electrons. The first-order valence-corrected chi connectivity index (χ1v) is 11.1. The molecular weight excluding hydrogens is 463 g/mol. The van der Waals surface area contributed by atoms with Gasteiger partial charge in [-0.05, 0) is 37.1 Å². The molecule has 10 heteroatoms. The van der Waals surface area contributed by atoms with Crippen molar-refractivity contribution in [2.24, 2.45) is 0 Å². The number of alkyl halides is 3. The maximum absolute atomic E-state index is 13.1. The molecule has 0 unspecified atom stereocenters. The number of rotatable bonds is 2. The van der Waals surface area contributed by atoms with E-state index in [9.17, 15) is 22.8 Å². The molecule has 2 aliphatic heterocycles. The fourth-order valence-electron chi connectivity index (χ4n) is 4.40. The van der Waals surface area contributed by atoms with E-state index >= 15 is 0 Å². The Morgan fingerprint density at radius 3 is 2.17 bits per heavy atom. The number of benzene rings is 2. The van der Waals surface area contributed by atoms with Crippen LogP contribution in [-0.2, 0) is 17.8 Å². The van der Waals surface area contributed by atoms with Crippen LogP contribution in [0.1, 0.15) is 21.5 Å². The third kappa shape index (κ3) is 5.01. The number of amides is 1. The average molecular weight is 487 g/mol. The van der Waals surface area contributed by atoms with Crippen LogP contribution in [0.5, 0.6) is 0 Å². The predicted octanol–water partition coefficient (Wildman–Crippen LogP) is 3.46. The number of carbonyl (C=O) groups excluding carboxylic acids is 1. The Balaban J connectivity index is 0.000000364. The topological polar surface area (TPSA) is 82.8 Å². The van der Waals surface area contributed by atoms with E-state index in [0.29, 0.717) is 24.0 Å². The van der Waals surface area contributed by atoms with Crippen LogP contribution in [0.15, 0.2) is 53.5 Å². The van der Waals surface area contributed by atoms with E-state index < -0.39 is 12.1 Å². The average Bonchev–Trinajstić information content (AvgIpc) is 3.25. The van der Waals surface area contributed by atoms with Crippen molar-refractivity contribution in [1.29, 1.82) is 0 Å². The normalized spacial score (nSPS) is 15.1. The molecule has 0 spiro atoms. The van der Waals surface area contributed by atoms with Crippen molar-refractivity contribution < 1.29 is 27.9 Å². The van der Waals surface area contributed by atoms with Crippen LogP contribution in [0.2, 0.25) is 0 Å². The lowest BCUT2D eigenvalue weighted by molar-refractivity contribution is -0.192. The molecule has 1 amide bonds. The van der Waals surface area contributed by atoms with Gasteiger partial charge < -0.3 is 19.5 Å². The van der Waals surface area contributed by atoms with E-state index in [0.717, 1.165) is 31.6 Å². The van der Waals surface area contributed by atoms with E-state index in [1.807, 2.05) is 17.0 Å². The molecular formula is C25H24F3N3O4. The molecule has 0 bridgehead atoms. The molecule has 5 rings (SSSR count). The smallest absolute Gasteiger partial charge is 0.475 e. The zero-order valence-electron chi connectivity index (χ0n) is 19.0. The van der Waals surface area contributed by atoms with Gasteiger partial charge in [0.25, 0.3) is 5.91 Å². The Morgan fingerprint density at radius 1 is 0.943 bits per heavy atom. The molecule has 0 saturated carbocycles. The second kappa shape index (κ2) is 9.44. The highest BCUT2D eigenvalue weighted by Crippen LogP contribution is 2.24. The molecule has 0 aliphatic carbocycles. The fraction of sp³-hybridized carbons (Fsp3) is 0.320. The van der Waals surface area contributed by atoms with Crippen LogP contribution >= 0.6 is 0 Å². The molecule has 1 aromatic heterocycles. The summed E-state index contributed by atoms with van der Waals surface area (Å²) in [5.74, 6) is -2.90. The van der Waals surface area contributed by atoms with Crippen molar-refractivity contribution in [2.75, 3.05) is 31.1 Å². The zero-order chi connectivity index (χ0) is 25.3. The number of carboxylic acid groups (broad SMARTS) is 1. The number of carbonyl (C=O) groups is 2. The summed E-state index contributed by atoms with van der Waals surface area (Å²) >= 11 is 0. The van der Waals surface area contributed by atoms with Gasteiger partial charge in [0, 0.05) is 50.0 Å². The molecule has 35 heavy (non-hydrogen) atoms. The number of aliphatic carboxylic acids is 1. The van der Waals surface area contributed by atoms with Crippen LogP contribution < -0.4 is 10.3 Å². The number of anilines is 1. The van der Waals surface area contributed by atoms with Gasteiger partial charge >= 0.3 is 12.1 Å². The highest BCUT2D eigenvalue weighted by Gasteiger charge is 2.38. The Labute approximate surface area is 199 Å². The summed E-state index contributed by atoms with van der Waals surface area (Å²) in [5, 5.41) is 7.79. The SMILES string of the molecule is Cc1ccc(N2CCN(C(=O)c3cn4c5c(cccc5c3=O)CC4)CC2)cc1.O=C(O)C(F)(F)F. The number of aryl methyl sites for hydroxylation is 3. The van der Waals surface area contributed by atoms with Crippen LogP contribution in [0, 0.1) is 6.92 Å². The zero-order valence-corrected chi connectivity index (χ0v) is 19.0. The van der Waals surface area contributed by atoms with Gasteiger partial charge in [-0.2, -0.15) is 13.2 Å². The Kier molecular flexibility index (Phi) is 6.56. The number of aromatic nitrogens is 1. The van der Waals surface area contributed by atoms with Crippen molar-refractivity contribution in [3.8, 4) is 0 Å². The van der Waals surface area contributed by atoms with Gasteiger partial charge in [0.1, 0.15) is 5.56 Å². The van der Waals surface area contributed by atoms with Crippen molar-refractivity contribution >= 4 is 28.5 Å². The van der Waals surface area contributed by atoms with Gasteiger partial charge in [-0.25, -0.2) is 4.79 Å². The summed E-state index contributed by atoms with van der Waals surface area (Å²) in [7, 11) is 0. The summed E-state index contributed by atoms with van der Waals surface area (Å²) in [4.78, 5) is 39.1. The lowest BCUT2D eigenvalue weighted by Crippen LogP contribution is -2.49. The van der Waals surface area contributed by atoms with E-state index in [-0.39, 0.29) is 11.3 Å². The second-order valence-corrected chi connectivity index (χ2v) is 8.55. The number of piperazine rings is 1. The number of hydrogen-bond acceptors (Lipinski definition) is 4. The fourth-order valence-corrected chi connectivity index (χ4v) is 4.40. The van der Waals surface area contributed by atoms with Crippen LogP contribution in [-0.4, -0.2) is 58.8 Å². The minimum Gasteiger partial charge on any atom is -0.475 e. The molecule has 0 atom stereocenters. The summed E-state index contributed by atoms with van der Waals surface area (Å²) in [6.07, 6.45) is -2.39. The standard InChI is InChI=1S/C23H23N3O2.C2HF3O2/c1-16-5-7-18(8-6-16)24-11-13-25(14-12-24)23(28)20-15-26-10-9-17-3-2-4-19(21(17)26)22(20)27;3-2(4,5)1(6)7/h2-8,15H,9-14H2,1H3;(H,6,7). The number of carboxylic acids is 1. The quantitative estimate of drug-likeness (QED) is 0.599. The highest BCUT2D eigenvalue weighted by atomic mass is 19.4. The first kappa shape index (κ1) is 24.3. The minimum atomic E-state index is -5.08. The van der Waals surface area contributed by atoms with Crippen LogP contribution in [0.4, 0.5) is 18.9 Å². The number of hydrogen-bond donors (Lipinski definition) is 1. The van der Waals surface area contributed by atoms with Crippen LogP contribution in [0.3, 0.4) is 0 Å². The van der Waals surface area contributed by atoms with Gasteiger partial charge in [0.2, 0.25) is 5.43 Å². The van der Waals surface area contributed by atoms with Crippen molar-refractivity contribution in [1.82, 2.24) is 9.47 Å². The number of pyridine rings is 1. The predicted molar refractivity (Wildman–Crippen MR) is 125 cm³/mol. The molecule has 184 valence electrons. The lowest BCUT2D eigenvalue weighted by atomic mass is 10.1. The first-order valence-electron chi connectivity index (χ1n) is 11.1. The van der Waals surface area contributed by atoms with Crippen molar-refractivity contribution in [2.45, 2.75) is 26.1 Å². The Hall–Kier alpha value is -3.82. The molecule has 3 aromatic rings. The minimum absolute atomic E-state index is 0.138. The maximum atomic E-state index is 13.1. The van der Waals surface area contributed by atoms with E-state index in [1.165, 1.54) is 16.8 Å². The van der Waals surface area contributed by atoms with Gasteiger partial charge in [0.15, 0.2) is 0 Å². The molecule has 2 aliphatic rings. The lowest BCUT2D eigenvalue weighted by Gasteiger charge is -2.36. The van der Waals surface area contributed by atoms with Crippen molar-refractivity contribution in [3.63, 3.8) is 0 Å². The molecule has 1 saturated heterocycles. The first-order chi connectivity index (χ1) is 16.6. The summed E-state index contributed by atoms with van der Waals surface area (Å²) in [6.45, 7) is 5.73. The number of nitrogens with zero attached hydrogens (tertiary/aromatic N) is 3. The van der Waals surface area contributed by atoms with Gasteiger partial charge in [-0.3, -0.25) is 9.59 Å². The summed E-state index contributed by atoms with van der Waals surface area (Å²) in [5.41, 5.74) is 4.78. The second-order valence-electron chi connectivity index (χ2n) is 8.55. The third-order valence-corrected chi connectivity index (χ3v) is 6.24. The Bertz CT molecular complexity index is 1320. The monoisotopic (exact) mass is 487 g/mol. The van der Waals surface area contributed by atoms with E-state index in [2.05, 4.69) is 46.7 Å². The third-order valence-electron chi connectivity index (χ3n) is 6.24. The molecule has 1 fully saturated rings. The van der Waals surface area contributed by atoms with Gasteiger partial charge in [-0.1, -0.05) is 29.8 Å². The highest BCUT2D eigenvalue weighted by molar-refractivity contribution is 5.98. The molecule has 7 nitrogen and oxygen atoms in total. The van der Waals surface area contributed by atoms with Crippen molar-refractivity contribution in [3.05, 3.63) is 75.6 Å².